The fourth-order valence-electron chi connectivity index (χ4n) is 2.48. The van der Waals surface area contributed by atoms with Crippen LogP contribution in [0, 0.1) is 11.7 Å². The molecule has 3 atom stereocenters. The van der Waals surface area contributed by atoms with Gasteiger partial charge in [0.25, 0.3) is 0 Å². The lowest BCUT2D eigenvalue weighted by Gasteiger charge is -2.35. The van der Waals surface area contributed by atoms with Crippen LogP contribution in [0.1, 0.15) is 31.9 Å². The summed E-state index contributed by atoms with van der Waals surface area (Å²) in [7, 11) is 0. The van der Waals surface area contributed by atoms with Gasteiger partial charge in [0.2, 0.25) is 5.91 Å². The Bertz CT molecular complexity index is 501. The monoisotopic (exact) mass is 330 g/mol. The first kappa shape index (κ1) is 18.9. The quantitative estimate of drug-likeness (QED) is 0.923. The number of carbonyl (C=O) groups excluding carboxylic acids is 1. The molecular weight excluding hydrogens is 307 g/mol. The van der Waals surface area contributed by atoms with Gasteiger partial charge in [0.05, 0.1) is 19.2 Å². The van der Waals surface area contributed by atoms with E-state index < -0.39 is 12.1 Å². The summed E-state index contributed by atoms with van der Waals surface area (Å²) in [5, 5.41) is 0. The lowest BCUT2D eigenvalue weighted by Crippen LogP contribution is -2.51. The van der Waals surface area contributed by atoms with E-state index in [0.29, 0.717) is 25.3 Å². The molecule has 1 saturated heterocycles. The average molecular weight is 331 g/mol. The van der Waals surface area contributed by atoms with Crippen molar-refractivity contribution in [2.24, 2.45) is 11.7 Å². The zero-order valence-electron chi connectivity index (χ0n) is 13.0. The molecule has 0 aliphatic carbocycles. The Labute approximate surface area is 137 Å². The molecule has 124 valence electrons. The average Bonchev–Trinajstić information content (AvgIpc) is 2.53. The first-order valence-electron chi connectivity index (χ1n) is 7.45. The van der Waals surface area contributed by atoms with Crippen LogP contribution >= 0.6 is 12.4 Å². The van der Waals surface area contributed by atoms with Crippen molar-refractivity contribution in [1.82, 2.24) is 4.90 Å². The largest absolute Gasteiger partial charge is 0.370 e. The van der Waals surface area contributed by atoms with Crippen molar-refractivity contribution in [2.45, 2.75) is 32.4 Å². The van der Waals surface area contributed by atoms with Crippen molar-refractivity contribution in [3.8, 4) is 0 Å². The van der Waals surface area contributed by atoms with Crippen molar-refractivity contribution in [2.75, 3.05) is 19.7 Å². The molecular formula is C16H24ClFN2O2. The van der Waals surface area contributed by atoms with E-state index in [1.807, 2.05) is 13.8 Å². The van der Waals surface area contributed by atoms with Crippen LogP contribution in [-0.2, 0) is 9.53 Å². The van der Waals surface area contributed by atoms with Gasteiger partial charge in [-0.1, -0.05) is 38.5 Å². The summed E-state index contributed by atoms with van der Waals surface area (Å²) in [5.74, 6) is -0.246. The molecule has 1 aliphatic heterocycles. The highest BCUT2D eigenvalue weighted by Crippen LogP contribution is 2.25. The van der Waals surface area contributed by atoms with Crippen LogP contribution in [0.2, 0.25) is 0 Å². The van der Waals surface area contributed by atoms with Gasteiger partial charge in [-0.3, -0.25) is 4.79 Å². The van der Waals surface area contributed by atoms with E-state index >= 15 is 0 Å². The molecule has 2 rings (SSSR count). The third-order valence-corrected chi connectivity index (χ3v) is 4.17. The molecule has 1 aromatic rings. The van der Waals surface area contributed by atoms with E-state index in [0.717, 1.165) is 6.42 Å². The molecule has 1 fully saturated rings. The Morgan fingerprint density at radius 2 is 2.18 bits per heavy atom. The van der Waals surface area contributed by atoms with Gasteiger partial charge in [0.1, 0.15) is 11.9 Å². The third-order valence-electron chi connectivity index (χ3n) is 4.17. The first-order valence-corrected chi connectivity index (χ1v) is 7.45. The first-order chi connectivity index (χ1) is 10.0. The highest BCUT2D eigenvalue weighted by atomic mass is 35.5. The standard InChI is InChI=1S/C16H23FN2O2.ClH/c1-3-11(2)15(18)16(20)19-8-9-21-14(10-19)12-6-4-5-7-13(12)17;/h4-7,11,14-15H,3,8-10,18H2,1-2H3;1H. The zero-order valence-corrected chi connectivity index (χ0v) is 13.8. The van der Waals surface area contributed by atoms with E-state index in [9.17, 15) is 9.18 Å². The third kappa shape index (κ3) is 4.18. The highest BCUT2D eigenvalue weighted by molar-refractivity contribution is 5.85. The predicted octanol–water partition coefficient (Wildman–Crippen LogP) is 2.52. The van der Waals surface area contributed by atoms with Crippen LogP contribution < -0.4 is 5.73 Å². The minimum Gasteiger partial charge on any atom is -0.370 e. The number of hydrogen-bond acceptors (Lipinski definition) is 3. The Morgan fingerprint density at radius 3 is 2.82 bits per heavy atom. The number of morpholine rings is 1. The molecule has 0 spiro atoms. The van der Waals surface area contributed by atoms with E-state index in [-0.39, 0.29) is 30.0 Å². The second-order valence-corrected chi connectivity index (χ2v) is 5.58. The van der Waals surface area contributed by atoms with Crippen molar-refractivity contribution < 1.29 is 13.9 Å². The minimum absolute atomic E-state index is 0. The lowest BCUT2D eigenvalue weighted by atomic mass is 9.98. The topological polar surface area (TPSA) is 55.6 Å². The number of amides is 1. The van der Waals surface area contributed by atoms with Crippen LogP contribution in [0.5, 0.6) is 0 Å². The van der Waals surface area contributed by atoms with Crippen LogP contribution in [0.25, 0.3) is 0 Å². The molecule has 1 aliphatic rings. The van der Waals surface area contributed by atoms with Gasteiger partial charge in [-0.25, -0.2) is 4.39 Å². The van der Waals surface area contributed by atoms with Crippen LogP contribution in [-0.4, -0.2) is 36.5 Å². The van der Waals surface area contributed by atoms with E-state index in [1.54, 1.807) is 23.1 Å². The van der Waals surface area contributed by atoms with Crippen molar-refractivity contribution >= 4 is 18.3 Å². The van der Waals surface area contributed by atoms with Gasteiger partial charge in [0, 0.05) is 12.1 Å². The molecule has 3 unspecified atom stereocenters. The summed E-state index contributed by atoms with van der Waals surface area (Å²) in [6, 6.07) is 6.01. The zero-order chi connectivity index (χ0) is 15.4. The summed E-state index contributed by atoms with van der Waals surface area (Å²) in [4.78, 5) is 14.1. The maximum Gasteiger partial charge on any atom is 0.239 e. The van der Waals surface area contributed by atoms with Crippen LogP contribution in [0.4, 0.5) is 4.39 Å². The van der Waals surface area contributed by atoms with E-state index in [4.69, 9.17) is 10.5 Å². The Hall–Kier alpha value is -1.17. The second-order valence-electron chi connectivity index (χ2n) is 5.58. The normalized spacial score (nSPS) is 20.9. The summed E-state index contributed by atoms with van der Waals surface area (Å²) in [5.41, 5.74) is 6.50. The fraction of sp³-hybridized carbons (Fsp3) is 0.562. The summed E-state index contributed by atoms with van der Waals surface area (Å²) < 4.78 is 19.5. The fourth-order valence-corrected chi connectivity index (χ4v) is 2.48. The summed E-state index contributed by atoms with van der Waals surface area (Å²) >= 11 is 0. The molecule has 1 heterocycles. The van der Waals surface area contributed by atoms with Crippen molar-refractivity contribution in [3.05, 3.63) is 35.6 Å². The Kier molecular flexibility index (Phi) is 7.26. The lowest BCUT2D eigenvalue weighted by molar-refractivity contribution is -0.141. The number of nitrogens with zero attached hydrogens (tertiary/aromatic N) is 1. The molecule has 22 heavy (non-hydrogen) atoms. The molecule has 0 radical (unpaired) electrons. The number of rotatable bonds is 4. The smallest absolute Gasteiger partial charge is 0.239 e. The van der Waals surface area contributed by atoms with Crippen LogP contribution in [0.15, 0.2) is 24.3 Å². The van der Waals surface area contributed by atoms with E-state index in [1.165, 1.54) is 6.07 Å². The maximum atomic E-state index is 13.8. The molecule has 0 aromatic heterocycles. The number of benzene rings is 1. The number of carbonyl (C=O) groups is 1. The summed E-state index contributed by atoms with van der Waals surface area (Å²) in [6.45, 7) is 5.24. The van der Waals surface area contributed by atoms with E-state index in [2.05, 4.69) is 0 Å². The number of ether oxygens (including phenoxy) is 1. The molecule has 0 saturated carbocycles. The van der Waals surface area contributed by atoms with Crippen molar-refractivity contribution in [1.29, 1.82) is 0 Å². The van der Waals surface area contributed by atoms with Gasteiger partial charge in [-0.2, -0.15) is 0 Å². The second kappa shape index (κ2) is 8.46. The molecule has 6 heteroatoms. The molecule has 2 N–H and O–H groups in total. The molecule has 4 nitrogen and oxygen atoms in total. The predicted molar refractivity (Wildman–Crippen MR) is 86.4 cm³/mol. The van der Waals surface area contributed by atoms with Crippen molar-refractivity contribution in [3.63, 3.8) is 0 Å². The summed E-state index contributed by atoms with van der Waals surface area (Å²) in [6.07, 6.45) is 0.432. The van der Waals surface area contributed by atoms with Gasteiger partial charge in [-0.15, -0.1) is 12.4 Å². The Morgan fingerprint density at radius 1 is 1.50 bits per heavy atom. The number of hydrogen-bond donors (Lipinski definition) is 1. The minimum atomic E-state index is -0.505. The highest BCUT2D eigenvalue weighted by Gasteiger charge is 2.31. The number of nitrogens with two attached hydrogens (primary N) is 1. The molecule has 1 amide bonds. The maximum absolute atomic E-state index is 13.8. The van der Waals surface area contributed by atoms with Gasteiger partial charge >= 0.3 is 0 Å². The van der Waals surface area contributed by atoms with Crippen LogP contribution in [0.3, 0.4) is 0 Å². The van der Waals surface area contributed by atoms with Gasteiger partial charge in [-0.05, 0) is 12.0 Å². The number of halogens is 2. The van der Waals surface area contributed by atoms with Gasteiger partial charge < -0.3 is 15.4 Å². The molecule has 0 bridgehead atoms. The van der Waals surface area contributed by atoms with Gasteiger partial charge in [0.15, 0.2) is 0 Å². The Balaban J connectivity index is 0.00000242. The SMILES string of the molecule is CCC(C)C(N)C(=O)N1CCOC(c2ccccc2F)C1.Cl. The molecule has 1 aromatic carbocycles.